The highest BCUT2D eigenvalue weighted by Gasteiger charge is 2.20. The number of benzene rings is 1. The maximum absolute atomic E-state index is 11.6. The van der Waals surface area contributed by atoms with Crippen LogP contribution in [0.5, 0.6) is 0 Å². The fourth-order valence-corrected chi connectivity index (χ4v) is 6.03. The molecule has 0 aliphatic heterocycles. The van der Waals surface area contributed by atoms with E-state index in [1.807, 2.05) is 6.92 Å². The zero-order chi connectivity index (χ0) is 16.7. The monoisotopic (exact) mass is 467 g/mol. The van der Waals surface area contributed by atoms with Gasteiger partial charge in [0.25, 0.3) is 0 Å². The highest BCUT2D eigenvalue weighted by molar-refractivity contribution is 9.11. The quantitative estimate of drug-likeness (QED) is 0.721. The minimum atomic E-state index is -3.85. The maximum atomic E-state index is 11.6. The highest BCUT2D eigenvalue weighted by Crippen LogP contribution is 2.39. The van der Waals surface area contributed by atoms with Gasteiger partial charge in [0.05, 0.1) is 10.6 Å². The number of aromatic nitrogens is 1. The van der Waals surface area contributed by atoms with Crippen LogP contribution in [0.2, 0.25) is 0 Å². The summed E-state index contributed by atoms with van der Waals surface area (Å²) in [5.41, 5.74) is 1.49. The Kier molecular flexibility index (Phi) is 5.07. The van der Waals surface area contributed by atoms with Crippen LogP contribution in [0, 0.1) is 6.92 Å². The van der Waals surface area contributed by atoms with Crippen molar-refractivity contribution in [3.63, 3.8) is 0 Å². The Morgan fingerprint density at radius 2 is 1.86 bits per heavy atom. The number of anilines is 1. The number of hydrogen-bond donors (Lipinski definition) is 2. The lowest BCUT2D eigenvalue weighted by atomic mass is 10.2. The number of thiazole rings is 1. The molecule has 1 aromatic heterocycles. The number of rotatable bonds is 3. The first-order chi connectivity index (χ1) is 10.1. The van der Waals surface area contributed by atoms with Crippen molar-refractivity contribution < 1.29 is 13.2 Å². The molecular formula is C12H11Br2N3O3S2. The van der Waals surface area contributed by atoms with Crippen molar-refractivity contribution in [1.29, 1.82) is 0 Å². The summed E-state index contributed by atoms with van der Waals surface area (Å²) in [7, 11) is -3.85. The Morgan fingerprint density at radius 3 is 2.32 bits per heavy atom. The third kappa shape index (κ3) is 3.74. The third-order valence-electron chi connectivity index (χ3n) is 2.62. The second-order valence-corrected chi connectivity index (χ2v) is 8.63. The van der Waals surface area contributed by atoms with Crippen molar-refractivity contribution >= 4 is 64.3 Å². The fraction of sp³-hybridized carbons (Fsp3) is 0.167. The number of halogens is 2. The first-order valence-electron chi connectivity index (χ1n) is 5.87. The van der Waals surface area contributed by atoms with E-state index in [1.54, 1.807) is 12.1 Å². The van der Waals surface area contributed by atoms with Crippen LogP contribution in [0.15, 0.2) is 26.0 Å². The topological polar surface area (TPSA) is 102 Å². The Balaban J connectivity index is 2.56. The van der Waals surface area contributed by atoms with Crippen molar-refractivity contribution in [2.24, 2.45) is 5.14 Å². The Morgan fingerprint density at radius 1 is 1.32 bits per heavy atom. The molecule has 0 atom stereocenters. The average molecular weight is 469 g/mol. The van der Waals surface area contributed by atoms with Gasteiger partial charge in [0.15, 0.2) is 5.13 Å². The van der Waals surface area contributed by atoms with Crippen molar-refractivity contribution in [3.8, 4) is 10.4 Å². The van der Waals surface area contributed by atoms with Crippen molar-refractivity contribution in [2.75, 3.05) is 5.32 Å². The Labute approximate surface area is 148 Å². The van der Waals surface area contributed by atoms with E-state index in [0.29, 0.717) is 14.1 Å². The van der Waals surface area contributed by atoms with Crippen molar-refractivity contribution in [3.05, 3.63) is 26.8 Å². The fourth-order valence-electron chi connectivity index (χ4n) is 1.83. The van der Waals surface area contributed by atoms with E-state index >= 15 is 0 Å². The number of carbonyl (C=O) groups excluding carboxylic acids is 1. The molecule has 1 heterocycles. The number of nitrogens with zero attached hydrogens (tertiary/aromatic N) is 1. The molecule has 0 spiro atoms. The summed E-state index contributed by atoms with van der Waals surface area (Å²) in [6.45, 7) is 3.22. The van der Waals surface area contributed by atoms with Gasteiger partial charge in [0.2, 0.25) is 15.9 Å². The third-order valence-corrected chi connectivity index (χ3v) is 6.53. The number of nitrogens with one attached hydrogen (secondary N) is 1. The van der Waals surface area contributed by atoms with Crippen LogP contribution in [0.25, 0.3) is 10.4 Å². The summed E-state index contributed by atoms with van der Waals surface area (Å²) in [5.74, 6) is -0.202. The van der Waals surface area contributed by atoms with Gasteiger partial charge in [-0.2, -0.15) is 0 Å². The number of amides is 1. The predicted octanol–water partition coefficient (Wildman–Crippen LogP) is 3.25. The van der Waals surface area contributed by atoms with Crippen molar-refractivity contribution in [1.82, 2.24) is 4.98 Å². The molecule has 3 N–H and O–H groups in total. The lowest BCUT2D eigenvalue weighted by Crippen LogP contribution is -2.13. The molecule has 0 aliphatic carbocycles. The molecule has 0 radical (unpaired) electrons. The zero-order valence-corrected chi connectivity index (χ0v) is 16.3. The smallest absolute Gasteiger partial charge is 0.240 e. The van der Waals surface area contributed by atoms with Gasteiger partial charge in [-0.3, -0.25) is 4.79 Å². The predicted molar refractivity (Wildman–Crippen MR) is 93.4 cm³/mol. The van der Waals surface area contributed by atoms with Gasteiger partial charge in [0.1, 0.15) is 4.90 Å². The summed E-state index contributed by atoms with van der Waals surface area (Å²) in [5, 5.41) is 8.31. The molecule has 6 nitrogen and oxygen atoms in total. The van der Waals surface area contributed by atoms with E-state index in [4.69, 9.17) is 5.14 Å². The minimum Gasteiger partial charge on any atom is -0.302 e. The van der Waals surface area contributed by atoms with Crippen LogP contribution in [0.3, 0.4) is 0 Å². The number of primary sulfonamides is 1. The standard InChI is InChI=1S/C12H11Br2N3O3S2/c1-5-10(21-12(16-5)17-6(2)18)7-3-8(13)11(9(14)4-7)22(15,19)20/h3-4H,1-2H3,(H2,15,19,20)(H,16,17,18). The van der Waals surface area contributed by atoms with Crippen LogP contribution < -0.4 is 10.5 Å². The molecule has 0 fully saturated rings. The number of sulfonamides is 1. The molecule has 0 saturated heterocycles. The number of hydrogen-bond acceptors (Lipinski definition) is 5. The second-order valence-electron chi connectivity index (χ2n) is 4.43. The van der Waals surface area contributed by atoms with Gasteiger partial charge in [-0.05, 0) is 56.5 Å². The molecular weight excluding hydrogens is 458 g/mol. The summed E-state index contributed by atoms with van der Waals surface area (Å²) in [4.78, 5) is 16.2. The van der Waals surface area contributed by atoms with Crippen LogP contribution in [0.4, 0.5) is 5.13 Å². The highest BCUT2D eigenvalue weighted by atomic mass is 79.9. The van der Waals surface area contributed by atoms with E-state index < -0.39 is 10.0 Å². The zero-order valence-electron chi connectivity index (χ0n) is 11.5. The molecule has 1 amide bonds. The first kappa shape index (κ1) is 17.5. The molecule has 0 aliphatic rings. The lowest BCUT2D eigenvalue weighted by Gasteiger charge is -2.08. The molecule has 2 aromatic rings. The van der Waals surface area contributed by atoms with E-state index in [9.17, 15) is 13.2 Å². The molecule has 118 valence electrons. The van der Waals surface area contributed by atoms with Gasteiger partial charge in [0, 0.05) is 15.9 Å². The van der Waals surface area contributed by atoms with E-state index in [-0.39, 0.29) is 10.8 Å². The average Bonchev–Trinajstić information content (AvgIpc) is 2.66. The summed E-state index contributed by atoms with van der Waals surface area (Å²) >= 11 is 7.76. The van der Waals surface area contributed by atoms with Crippen LogP contribution in [-0.4, -0.2) is 19.3 Å². The van der Waals surface area contributed by atoms with E-state index in [2.05, 4.69) is 42.2 Å². The number of aryl methyl sites for hydroxylation is 1. The molecule has 0 unspecified atom stereocenters. The first-order valence-corrected chi connectivity index (χ1v) is 9.81. The van der Waals surface area contributed by atoms with Gasteiger partial charge in [-0.25, -0.2) is 18.5 Å². The summed E-state index contributed by atoms with van der Waals surface area (Å²) in [6.07, 6.45) is 0. The largest absolute Gasteiger partial charge is 0.302 e. The van der Waals surface area contributed by atoms with Gasteiger partial charge in [-0.1, -0.05) is 11.3 Å². The SMILES string of the molecule is CC(=O)Nc1nc(C)c(-c2cc(Br)c(S(N)(=O)=O)c(Br)c2)s1. The second kappa shape index (κ2) is 6.36. The summed E-state index contributed by atoms with van der Waals surface area (Å²) in [6, 6.07) is 3.31. The van der Waals surface area contributed by atoms with Gasteiger partial charge in [-0.15, -0.1) is 0 Å². The molecule has 0 saturated carbocycles. The van der Waals surface area contributed by atoms with Crippen LogP contribution in [0.1, 0.15) is 12.6 Å². The Hall–Kier alpha value is -0.810. The molecule has 10 heteroatoms. The maximum Gasteiger partial charge on any atom is 0.240 e. The normalized spacial score (nSPS) is 11.5. The van der Waals surface area contributed by atoms with Crippen LogP contribution >= 0.6 is 43.2 Å². The van der Waals surface area contributed by atoms with Gasteiger partial charge >= 0.3 is 0 Å². The molecule has 22 heavy (non-hydrogen) atoms. The molecule has 1 aromatic carbocycles. The Bertz CT molecular complexity index is 839. The van der Waals surface area contributed by atoms with Gasteiger partial charge < -0.3 is 5.32 Å². The van der Waals surface area contributed by atoms with E-state index in [1.165, 1.54) is 18.3 Å². The number of carbonyl (C=O) groups is 1. The molecule has 0 bridgehead atoms. The molecule has 2 rings (SSSR count). The minimum absolute atomic E-state index is 0.0134. The lowest BCUT2D eigenvalue weighted by molar-refractivity contribution is -0.114. The van der Waals surface area contributed by atoms with E-state index in [0.717, 1.165) is 16.1 Å². The van der Waals surface area contributed by atoms with Crippen LogP contribution in [-0.2, 0) is 14.8 Å². The van der Waals surface area contributed by atoms with Crippen molar-refractivity contribution in [2.45, 2.75) is 18.7 Å². The number of nitrogens with two attached hydrogens (primary N) is 1. The summed E-state index contributed by atoms with van der Waals surface area (Å²) < 4.78 is 23.9.